The molecule has 10 heterocycles. The number of hydrogen-bond donors (Lipinski definition) is 3. The predicted octanol–water partition coefficient (Wildman–Crippen LogP) is 8.33. The number of carbonyl (C=O) groups is 6. The van der Waals surface area contributed by atoms with Crippen LogP contribution in [0.5, 0.6) is 0 Å². The number of nitrogens with zero attached hydrogens (tertiary/aromatic N) is 7. The van der Waals surface area contributed by atoms with Crippen LogP contribution in [0.1, 0.15) is 72.2 Å². The zero-order valence-corrected chi connectivity index (χ0v) is 42.2. The van der Waals surface area contributed by atoms with Crippen molar-refractivity contribution in [3.63, 3.8) is 0 Å². The van der Waals surface area contributed by atoms with Crippen LogP contribution in [-0.4, -0.2) is 108 Å². The van der Waals surface area contributed by atoms with Crippen LogP contribution in [0.15, 0.2) is 94.2 Å². The Labute approximate surface area is 442 Å². The van der Waals surface area contributed by atoms with Crippen LogP contribution in [0.4, 0.5) is 18.4 Å². The monoisotopic (exact) mass is 1060 g/mol. The number of benzene rings is 4. The van der Waals surface area contributed by atoms with Gasteiger partial charge in [-0.3, -0.25) is 34.6 Å². The second kappa shape index (κ2) is 20.2. The number of halogens is 3. The molecule has 0 radical (unpaired) electrons. The number of amides is 7. The van der Waals surface area contributed by atoms with Gasteiger partial charge in [-0.1, -0.05) is 34.6 Å². The molecule has 4 aromatic heterocycles. The van der Waals surface area contributed by atoms with Crippen molar-refractivity contribution >= 4 is 113 Å². The number of urea groups is 1. The molecule has 0 unspecified atom stereocenters. The molecule has 0 atom stereocenters. The summed E-state index contributed by atoms with van der Waals surface area (Å²) in [5.74, 6) is -3.08. The van der Waals surface area contributed by atoms with Gasteiger partial charge in [-0.25, -0.2) is 13.6 Å². The first kappa shape index (κ1) is 49.4. The lowest BCUT2D eigenvalue weighted by Gasteiger charge is -2.32. The summed E-state index contributed by atoms with van der Waals surface area (Å²) in [5.41, 5.74) is 6.18. The third-order valence-electron chi connectivity index (χ3n) is 15.0. The fraction of sp³-hybridized carbons (Fsp3) is 0.286. The summed E-state index contributed by atoms with van der Waals surface area (Å²) in [4.78, 5) is 80.8. The van der Waals surface area contributed by atoms with E-state index in [1.54, 1.807) is 58.5 Å². The highest BCUT2D eigenvalue weighted by Crippen LogP contribution is 2.42. The molecule has 77 heavy (non-hydrogen) atoms. The Balaban J connectivity index is 0.000000136. The van der Waals surface area contributed by atoms with Gasteiger partial charge in [-0.05, 0) is 110 Å². The molecule has 7 amide bonds. The Morgan fingerprint density at radius 2 is 1.01 bits per heavy atom. The van der Waals surface area contributed by atoms with E-state index in [-0.39, 0.29) is 51.7 Å². The topological polar surface area (TPSA) is 210 Å². The number of nitrogens with one attached hydrogen (secondary N) is 3. The van der Waals surface area contributed by atoms with E-state index in [0.717, 1.165) is 74.9 Å². The first-order chi connectivity index (χ1) is 37.4. The van der Waals surface area contributed by atoms with E-state index < -0.39 is 29.4 Å². The summed E-state index contributed by atoms with van der Waals surface area (Å²) in [6.45, 7) is 6.26. The lowest BCUT2D eigenvalue weighted by Crippen LogP contribution is -2.45. The molecular weight excluding hydrogens is 1010 g/mol. The highest BCUT2D eigenvalue weighted by molar-refractivity contribution is 6.62. The Hall–Kier alpha value is -8.49. The maximum Gasteiger partial charge on any atom is 0.320 e. The molecule has 21 heteroatoms. The number of fused-ring (bicyclic) bond motifs is 2. The molecule has 3 N–H and O–H groups in total. The number of piperidine rings is 2. The number of imide groups is 2. The van der Waals surface area contributed by atoms with Gasteiger partial charge >= 0.3 is 11.4 Å². The Morgan fingerprint density at radius 1 is 0.532 bits per heavy atom. The van der Waals surface area contributed by atoms with E-state index in [9.17, 15) is 33.2 Å². The lowest BCUT2D eigenvalue weighted by atomic mass is 9.96. The molecular formula is C56H49ClF2N10O8. The van der Waals surface area contributed by atoms with Crippen molar-refractivity contribution in [3.05, 3.63) is 130 Å². The highest BCUT2D eigenvalue weighted by Gasteiger charge is 2.39. The number of likely N-dealkylation sites (tertiary alicyclic amines) is 2. The molecule has 0 aliphatic carbocycles. The molecule has 6 aliphatic rings. The zero-order valence-electron chi connectivity index (χ0n) is 41.4. The first-order valence-corrected chi connectivity index (χ1v) is 26.0. The number of aromatic nitrogens is 4. The van der Waals surface area contributed by atoms with Crippen molar-refractivity contribution in [2.24, 2.45) is 0 Å². The Morgan fingerprint density at radius 3 is 1.55 bits per heavy atom. The zero-order chi connectivity index (χ0) is 53.1. The smallest absolute Gasteiger partial charge is 0.320 e. The van der Waals surface area contributed by atoms with E-state index in [2.05, 4.69) is 26.3 Å². The Bertz CT molecular complexity index is 3860. The molecule has 8 aromatic rings. The SMILES string of the molecule is O=C(Cl)N1CCCCC1.O=C1NC(=O)C(c2cn3c4c(cc(F)cc24)CN(C(=O)N2CCCCC2)CC3)=C1c1noc2ccccc12.O=C1NC(=O)C(c2cn3c4c(cc(F)cc24)CNCC3)=C1c1noc2ccccc12. The van der Waals surface area contributed by atoms with Crippen LogP contribution in [0.2, 0.25) is 0 Å². The lowest BCUT2D eigenvalue weighted by molar-refractivity contribution is -0.124. The van der Waals surface area contributed by atoms with Crippen molar-refractivity contribution in [2.45, 2.75) is 64.7 Å². The van der Waals surface area contributed by atoms with Gasteiger partial charge in [0.1, 0.15) is 23.0 Å². The van der Waals surface area contributed by atoms with Crippen molar-refractivity contribution < 1.29 is 46.6 Å². The van der Waals surface area contributed by atoms with Crippen LogP contribution in [-0.2, 0) is 45.4 Å². The van der Waals surface area contributed by atoms with Crippen molar-refractivity contribution in [2.75, 3.05) is 39.3 Å². The van der Waals surface area contributed by atoms with E-state index in [1.807, 2.05) is 26.3 Å². The minimum atomic E-state index is -0.577. The minimum absolute atomic E-state index is 0.0308. The van der Waals surface area contributed by atoms with Crippen molar-refractivity contribution in [3.8, 4) is 0 Å². The summed E-state index contributed by atoms with van der Waals surface area (Å²) in [7, 11) is 0. The molecule has 14 rings (SSSR count). The van der Waals surface area contributed by atoms with Gasteiger partial charge < -0.3 is 38.2 Å². The molecule has 18 nitrogen and oxygen atoms in total. The minimum Gasteiger partial charge on any atom is -0.356 e. The third kappa shape index (κ3) is 8.99. The molecule has 0 saturated carbocycles. The van der Waals surface area contributed by atoms with Crippen molar-refractivity contribution in [1.82, 2.24) is 50.1 Å². The molecule has 0 bridgehead atoms. The number of carbonyl (C=O) groups excluding carboxylic acids is 6. The van der Waals surface area contributed by atoms with Gasteiger partial charge in [0.05, 0.1) is 33.3 Å². The quantitative estimate of drug-likeness (QED) is 0.0867. The maximum atomic E-state index is 15.0. The van der Waals surface area contributed by atoms with Crippen molar-refractivity contribution in [1.29, 1.82) is 0 Å². The van der Waals surface area contributed by atoms with Crippen LogP contribution in [0.3, 0.4) is 0 Å². The summed E-state index contributed by atoms with van der Waals surface area (Å²) in [5, 5.41) is 18.2. The largest absolute Gasteiger partial charge is 0.356 e. The molecule has 392 valence electrons. The summed E-state index contributed by atoms with van der Waals surface area (Å²) in [6.07, 6.45) is 10.2. The molecule has 4 aromatic carbocycles. The van der Waals surface area contributed by atoms with Gasteiger partial charge in [0.25, 0.3) is 23.6 Å². The van der Waals surface area contributed by atoms with Gasteiger partial charge in [0.2, 0.25) is 0 Å². The van der Waals surface area contributed by atoms with Crippen LogP contribution in [0, 0.1) is 11.6 Å². The number of para-hydroxylation sites is 2. The molecule has 2 fully saturated rings. The molecule has 0 spiro atoms. The van der Waals surface area contributed by atoms with Gasteiger partial charge in [0, 0.05) is 111 Å². The van der Waals surface area contributed by atoms with Crippen LogP contribution < -0.4 is 16.0 Å². The summed E-state index contributed by atoms with van der Waals surface area (Å²) >= 11 is 5.24. The highest BCUT2D eigenvalue weighted by atomic mass is 35.5. The predicted molar refractivity (Wildman–Crippen MR) is 281 cm³/mol. The standard InChI is InChI=1S/C28H24FN5O4.C22H15FN4O3.C6H10ClNO/c29-17-12-16-14-34(28(37)32-8-4-1-5-9-32)11-10-33-15-20(19(13-17)25(16)33)22-23(27(36)30-26(22)35)24-18-6-2-3-7-21(18)38-31-24;23-12-7-11-9-24-5-6-27-10-15(14(8-12)20(11)27)17-18(22(29)25-21(17)28)19-13-3-1-2-4-16(13)30-26-19;7-6(9)8-4-2-1-3-5-8/h2-3,6-7,12-13,15H,1,4-5,8-11,14H2,(H,30,35,36);1-4,7-8,10,24H,5-6,9H2,(H,25,28,29);1-5H2. The Kier molecular flexibility index (Phi) is 13.0. The van der Waals surface area contributed by atoms with E-state index in [1.165, 1.54) is 30.7 Å². The van der Waals surface area contributed by atoms with Gasteiger partial charge in [0.15, 0.2) is 11.2 Å². The molecule has 2 saturated heterocycles. The average molecular weight is 1060 g/mol. The van der Waals surface area contributed by atoms with E-state index >= 15 is 4.39 Å². The fourth-order valence-electron chi connectivity index (χ4n) is 11.4. The molecule has 6 aliphatic heterocycles. The van der Waals surface area contributed by atoms with Crippen LogP contribution >= 0.6 is 11.6 Å². The third-order valence-corrected chi connectivity index (χ3v) is 15.2. The summed E-state index contributed by atoms with van der Waals surface area (Å²) < 4.78 is 44.2. The fourth-order valence-corrected chi connectivity index (χ4v) is 11.6. The van der Waals surface area contributed by atoms with E-state index in [4.69, 9.17) is 20.6 Å². The number of hydrogen-bond acceptors (Lipinski definition) is 11. The van der Waals surface area contributed by atoms with E-state index in [0.29, 0.717) is 87.8 Å². The maximum absolute atomic E-state index is 15.0. The second-order valence-electron chi connectivity index (χ2n) is 19.7. The average Bonchev–Trinajstić information content (AvgIpc) is 4.45. The number of rotatable bonds is 4. The first-order valence-electron chi connectivity index (χ1n) is 25.6. The normalized spacial score (nSPS) is 17.7. The summed E-state index contributed by atoms with van der Waals surface area (Å²) in [6, 6.07) is 20.0. The van der Waals surface area contributed by atoms with Gasteiger partial charge in [-0.2, -0.15) is 0 Å². The van der Waals surface area contributed by atoms with Gasteiger partial charge in [-0.15, -0.1) is 0 Å². The second-order valence-corrected chi connectivity index (χ2v) is 20.1. The van der Waals surface area contributed by atoms with Crippen LogP contribution in [0.25, 0.3) is 66.0 Å².